The summed E-state index contributed by atoms with van der Waals surface area (Å²) in [4.78, 5) is 13.0. The molecule has 0 aliphatic carbocycles. The maximum absolute atomic E-state index is 13.0. The van der Waals surface area contributed by atoms with E-state index in [1.54, 1.807) is 12.1 Å². The van der Waals surface area contributed by atoms with Crippen LogP contribution >= 0.6 is 0 Å². The normalized spacial score (nSPS) is 12.8. The molecule has 1 heterocycles. The minimum atomic E-state index is -0.365. The second-order valence-corrected chi connectivity index (χ2v) is 8.55. The Bertz CT molecular complexity index is 973. The topological polar surface area (TPSA) is 104 Å². The van der Waals surface area contributed by atoms with Gasteiger partial charge in [0.15, 0.2) is 0 Å². The Kier molecular flexibility index (Phi) is 5.68. The number of hydrogen-bond acceptors (Lipinski definition) is 5. The van der Waals surface area contributed by atoms with Crippen molar-refractivity contribution in [1.29, 1.82) is 0 Å². The minimum Gasteiger partial charge on any atom is -0.506 e. The molecule has 2 aromatic carbocycles. The molecule has 0 aliphatic heterocycles. The number of phenolic OH excluding ortho intramolecular Hbond substituents is 1. The molecule has 7 heteroatoms. The number of carbonyl (C=O) groups excluding carboxylic acids is 1. The van der Waals surface area contributed by atoms with Crippen LogP contribution < -0.4 is 5.32 Å². The molecule has 0 fully saturated rings. The van der Waals surface area contributed by atoms with Gasteiger partial charge in [-0.2, -0.15) is 5.21 Å². The fourth-order valence-electron chi connectivity index (χ4n) is 3.28. The van der Waals surface area contributed by atoms with Crippen molar-refractivity contribution in [2.45, 2.75) is 46.0 Å². The minimum absolute atomic E-state index is 0.0701. The van der Waals surface area contributed by atoms with Gasteiger partial charge < -0.3 is 10.4 Å². The van der Waals surface area contributed by atoms with E-state index in [2.05, 4.69) is 46.7 Å². The first-order valence-electron chi connectivity index (χ1n) is 9.65. The van der Waals surface area contributed by atoms with Crippen LogP contribution in [0.3, 0.4) is 0 Å². The molecular weight excluding hydrogens is 366 g/mol. The Labute approximate surface area is 170 Å². The second kappa shape index (κ2) is 8.03. The number of H-pyrrole nitrogens is 1. The van der Waals surface area contributed by atoms with Crippen LogP contribution in [0.2, 0.25) is 0 Å². The summed E-state index contributed by atoms with van der Waals surface area (Å²) in [5.41, 5.74) is 3.04. The standard InChI is InChI=1S/C22H27N5O2/c1-13(2)19(14-6-8-15(9-7-14)20-24-26-27-25-20)21(29)23-17-11-10-16(12-18(17)28)22(3,4)5/h6-13,19,28H,1-5H3,(H,23,29)(H,24,25,26,27). The third-order valence-corrected chi connectivity index (χ3v) is 4.94. The fourth-order valence-corrected chi connectivity index (χ4v) is 3.28. The first-order valence-corrected chi connectivity index (χ1v) is 9.65. The summed E-state index contributed by atoms with van der Waals surface area (Å²) in [5, 5.41) is 27.2. The van der Waals surface area contributed by atoms with Gasteiger partial charge in [0.2, 0.25) is 11.7 Å². The number of aromatic amines is 1. The van der Waals surface area contributed by atoms with E-state index in [0.717, 1.165) is 16.7 Å². The highest BCUT2D eigenvalue weighted by atomic mass is 16.3. The van der Waals surface area contributed by atoms with Crippen molar-refractivity contribution in [3.63, 3.8) is 0 Å². The molecule has 152 valence electrons. The highest BCUT2D eigenvalue weighted by molar-refractivity contribution is 5.97. The quantitative estimate of drug-likeness (QED) is 0.562. The average molecular weight is 393 g/mol. The summed E-state index contributed by atoms with van der Waals surface area (Å²) in [6.45, 7) is 10.2. The summed E-state index contributed by atoms with van der Waals surface area (Å²) in [6.07, 6.45) is 0. The lowest BCUT2D eigenvalue weighted by molar-refractivity contribution is -0.118. The average Bonchev–Trinajstić information content (AvgIpc) is 3.17. The Morgan fingerprint density at radius 1 is 1.10 bits per heavy atom. The molecule has 0 saturated carbocycles. The Hall–Kier alpha value is -3.22. The van der Waals surface area contributed by atoms with Gasteiger partial charge in [-0.15, -0.1) is 10.2 Å². The summed E-state index contributed by atoms with van der Waals surface area (Å²) >= 11 is 0. The summed E-state index contributed by atoms with van der Waals surface area (Å²) in [5.74, 6) is 0.121. The number of aromatic nitrogens is 4. The number of phenols is 1. The van der Waals surface area contributed by atoms with Crippen LogP contribution in [-0.2, 0) is 10.2 Å². The lowest BCUT2D eigenvalue weighted by Gasteiger charge is -2.23. The smallest absolute Gasteiger partial charge is 0.232 e. The van der Waals surface area contributed by atoms with Gasteiger partial charge in [0, 0.05) is 5.56 Å². The monoisotopic (exact) mass is 393 g/mol. The van der Waals surface area contributed by atoms with Crippen molar-refractivity contribution >= 4 is 11.6 Å². The number of amides is 1. The maximum Gasteiger partial charge on any atom is 0.232 e. The van der Waals surface area contributed by atoms with Crippen LogP contribution in [0.25, 0.3) is 11.4 Å². The van der Waals surface area contributed by atoms with Gasteiger partial charge >= 0.3 is 0 Å². The zero-order valence-corrected chi connectivity index (χ0v) is 17.4. The second-order valence-electron chi connectivity index (χ2n) is 8.55. The van der Waals surface area contributed by atoms with E-state index in [9.17, 15) is 9.90 Å². The number of benzene rings is 2. The molecular formula is C22H27N5O2. The first kappa shape index (κ1) is 20.5. The van der Waals surface area contributed by atoms with Crippen molar-refractivity contribution in [3.05, 3.63) is 53.6 Å². The van der Waals surface area contributed by atoms with Crippen molar-refractivity contribution in [3.8, 4) is 17.1 Å². The molecule has 0 saturated heterocycles. The van der Waals surface area contributed by atoms with E-state index >= 15 is 0 Å². The number of nitrogens with one attached hydrogen (secondary N) is 2. The predicted octanol–water partition coefficient (Wildman–Crippen LogP) is 4.25. The number of hydrogen-bond donors (Lipinski definition) is 3. The molecule has 1 unspecified atom stereocenters. The predicted molar refractivity (Wildman–Crippen MR) is 113 cm³/mol. The SMILES string of the molecule is CC(C)C(C(=O)Nc1ccc(C(C)(C)C)cc1O)c1ccc(-c2nn[nH]n2)cc1. The lowest BCUT2D eigenvalue weighted by Crippen LogP contribution is -2.25. The number of anilines is 1. The molecule has 0 spiro atoms. The molecule has 29 heavy (non-hydrogen) atoms. The molecule has 3 N–H and O–H groups in total. The molecule has 3 aromatic rings. The van der Waals surface area contributed by atoms with E-state index in [1.165, 1.54) is 0 Å². The number of nitrogens with zero attached hydrogens (tertiary/aromatic N) is 3. The van der Waals surface area contributed by atoms with Crippen LogP contribution in [0.5, 0.6) is 5.75 Å². The van der Waals surface area contributed by atoms with E-state index in [0.29, 0.717) is 11.5 Å². The number of rotatable bonds is 5. The zero-order chi connectivity index (χ0) is 21.2. The van der Waals surface area contributed by atoms with E-state index in [1.807, 2.05) is 44.2 Å². The van der Waals surface area contributed by atoms with Gasteiger partial charge in [-0.1, -0.05) is 65.0 Å². The van der Waals surface area contributed by atoms with E-state index < -0.39 is 0 Å². The molecule has 1 atom stereocenters. The van der Waals surface area contributed by atoms with Crippen LogP contribution in [0, 0.1) is 5.92 Å². The third-order valence-electron chi connectivity index (χ3n) is 4.94. The Morgan fingerprint density at radius 2 is 1.79 bits per heavy atom. The van der Waals surface area contributed by atoms with E-state index in [4.69, 9.17) is 0 Å². The summed E-state index contributed by atoms with van der Waals surface area (Å²) in [6, 6.07) is 12.9. The number of carbonyl (C=O) groups is 1. The van der Waals surface area contributed by atoms with Crippen molar-refractivity contribution < 1.29 is 9.90 Å². The number of aromatic hydroxyl groups is 1. The van der Waals surface area contributed by atoms with Gasteiger partial charge in [0.05, 0.1) is 11.6 Å². The molecule has 1 amide bonds. The molecule has 1 aromatic heterocycles. The highest BCUT2D eigenvalue weighted by Gasteiger charge is 2.25. The van der Waals surface area contributed by atoms with E-state index in [-0.39, 0.29) is 28.9 Å². The zero-order valence-electron chi connectivity index (χ0n) is 17.4. The maximum atomic E-state index is 13.0. The largest absolute Gasteiger partial charge is 0.506 e. The molecule has 0 radical (unpaired) electrons. The van der Waals surface area contributed by atoms with Crippen LogP contribution in [0.1, 0.15) is 51.7 Å². The highest BCUT2D eigenvalue weighted by Crippen LogP contribution is 2.33. The van der Waals surface area contributed by atoms with Crippen LogP contribution in [0.15, 0.2) is 42.5 Å². The molecule has 0 aliphatic rings. The van der Waals surface area contributed by atoms with Crippen molar-refractivity contribution in [1.82, 2.24) is 20.6 Å². The van der Waals surface area contributed by atoms with Gasteiger partial charge in [-0.3, -0.25) is 4.79 Å². The lowest BCUT2D eigenvalue weighted by atomic mass is 9.86. The van der Waals surface area contributed by atoms with Crippen molar-refractivity contribution in [2.24, 2.45) is 5.92 Å². The first-order chi connectivity index (χ1) is 13.7. The molecule has 7 nitrogen and oxygen atoms in total. The van der Waals surface area contributed by atoms with Gasteiger partial charge in [0.1, 0.15) is 5.75 Å². The number of tetrazole rings is 1. The van der Waals surface area contributed by atoms with Crippen LogP contribution in [0.4, 0.5) is 5.69 Å². The fraction of sp³-hybridized carbons (Fsp3) is 0.364. The summed E-state index contributed by atoms with van der Waals surface area (Å²) in [7, 11) is 0. The Morgan fingerprint density at radius 3 is 2.31 bits per heavy atom. The Balaban J connectivity index is 1.82. The van der Waals surface area contributed by atoms with Gasteiger partial charge in [-0.25, -0.2) is 0 Å². The van der Waals surface area contributed by atoms with Crippen LogP contribution in [-0.4, -0.2) is 31.6 Å². The third kappa shape index (κ3) is 4.62. The van der Waals surface area contributed by atoms with Gasteiger partial charge in [-0.05, 0) is 39.8 Å². The molecule has 0 bridgehead atoms. The molecule has 3 rings (SSSR count). The van der Waals surface area contributed by atoms with Crippen molar-refractivity contribution in [2.75, 3.05) is 5.32 Å². The summed E-state index contributed by atoms with van der Waals surface area (Å²) < 4.78 is 0. The van der Waals surface area contributed by atoms with Gasteiger partial charge in [0.25, 0.3) is 0 Å².